The minimum Gasteiger partial charge on any atom is -0.372 e. The van der Waals surface area contributed by atoms with Crippen LogP contribution in [0, 0.1) is 5.82 Å². The van der Waals surface area contributed by atoms with Crippen LogP contribution in [-0.2, 0) is 12.8 Å². The number of anilines is 1. The lowest BCUT2D eigenvalue weighted by molar-refractivity contribution is 0.343. The summed E-state index contributed by atoms with van der Waals surface area (Å²) >= 11 is 6.11. The molecular formula is C26H30ClFN4. The van der Waals surface area contributed by atoms with E-state index in [4.69, 9.17) is 16.7 Å². The minimum absolute atomic E-state index is 0.179. The number of hydrogen-bond donors (Lipinski definition) is 1. The van der Waals surface area contributed by atoms with Gasteiger partial charge in [-0.25, -0.2) is 4.39 Å². The summed E-state index contributed by atoms with van der Waals surface area (Å²) in [6.45, 7) is 4.36. The van der Waals surface area contributed by atoms with Crippen LogP contribution in [-0.4, -0.2) is 36.0 Å². The molecule has 2 aliphatic rings. The third-order valence-corrected chi connectivity index (χ3v) is 7.51. The zero-order chi connectivity index (χ0) is 22.2. The first-order chi connectivity index (χ1) is 15.5. The maximum atomic E-state index is 13.8. The Bertz CT molecular complexity index is 1120. The molecule has 1 unspecified atom stereocenters. The predicted octanol–water partition coefficient (Wildman–Crippen LogP) is 5.63. The van der Waals surface area contributed by atoms with E-state index >= 15 is 0 Å². The molecule has 0 saturated carbocycles. The van der Waals surface area contributed by atoms with Crippen molar-refractivity contribution in [3.05, 3.63) is 70.3 Å². The number of piperidine rings is 1. The number of fused-ring (bicyclic) bond motifs is 1. The summed E-state index contributed by atoms with van der Waals surface area (Å²) in [5, 5.41) is 8.34. The van der Waals surface area contributed by atoms with Crippen molar-refractivity contribution in [2.45, 2.75) is 51.1 Å². The molecule has 0 radical (unpaired) electrons. The monoisotopic (exact) mass is 452 g/mol. The highest BCUT2D eigenvalue weighted by Crippen LogP contribution is 2.39. The van der Waals surface area contributed by atoms with E-state index in [1.54, 1.807) is 6.07 Å². The maximum Gasteiger partial charge on any atom is 0.141 e. The largest absolute Gasteiger partial charge is 0.372 e. The van der Waals surface area contributed by atoms with E-state index in [1.165, 1.54) is 28.4 Å². The van der Waals surface area contributed by atoms with Gasteiger partial charge in [-0.15, -0.1) is 0 Å². The van der Waals surface area contributed by atoms with Crippen LogP contribution in [0.1, 0.15) is 48.9 Å². The standard InChI is InChI=1S/C26H30ClFN4/c1-17-3-5-22-23(13-18-4-7-25(28)24(27)14-18)21(6-8-26(22)31(17)2)19-15-30-32(16-19)20-9-11-29-12-10-20/h4,6-8,14-17,20,29H,3,5,9-13H2,1-2H3. The van der Waals surface area contributed by atoms with Crippen LogP contribution in [0.2, 0.25) is 5.02 Å². The van der Waals surface area contributed by atoms with Crippen LogP contribution in [0.15, 0.2) is 42.7 Å². The van der Waals surface area contributed by atoms with Crippen molar-refractivity contribution in [1.29, 1.82) is 0 Å². The topological polar surface area (TPSA) is 33.1 Å². The van der Waals surface area contributed by atoms with Crippen molar-refractivity contribution in [2.75, 3.05) is 25.0 Å². The molecule has 1 fully saturated rings. The summed E-state index contributed by atoms with van der Waals surface area (Å²) in [6.07, 6.45) is 9.30. The van der Waals surface area contributed by atoms with Crippen LogP contribution in [0.5, 0.6) is 0 Å². The number of benzene rings is 2. The number of nitrogens with one attached hydrogen (secondary N) is 1. The summed E-state index contributed by atoms with van der Waals surface area (Å²) in [7, 11) is 2.18. The van der Waals surface area contributed by atoms with E-state index in [-0.39, 0.29) is 10.8 Å². The Hall–Kier alpha value is -2.37. The first kappa shape index (κ1) is 21.5. The van der Waals surface area contributed by atoms with Gasteiger partial charge in [0.25, 0.3) is 0 Å². The Balaban J connectivity index is 1.57. The lowest BCUT2D eigenvalue weighted by Crippen LogP contribution is -2.34. The Kier molecular flexibility index (Phi) is 5.95. The van der Waals surface area contributed by atoms with Crippen LogP contribution >= 0.6 is 11.6 Å². The highest BCUT2D eigenvalue weighted by atomic mass is 35.5. The van der Waals surface area contributed by atoms with Gasteiger partial charge >= 0.3 is 0 Å². The van der Waals surface area contributed by atoms with E-state index in [0.717, 1.165) is 56.3 Å². The van der Waals surface area contributed by atoms with E-state index in [2.05, 4.69) is 47.2 Å². The molecule has 0 amide bonds. The first-order valence-electron chi connectivity index (χ1n) is 11.6. The molecular weight excluding hydrogens is 423 g/mol. The van der Waals surface area contributed by atoms with Gasteiger partial charge in [-0.3, -0.25) is 4.68 Å². The molecule has 0 aliphatic carbocycles. The van der Waals surface area contributed by atoms with Gasteiger partial charge in [0, 0.05) is 30.5 Å². The number of nitrogens with zero attached hydrogens (tertiary/aromatic N) is 3. The van der Waals surface area contributed by atoms with Crippen molar-refractivity contribution in [3.63, 3.8) is 0 Å². The Morgan fingerprint density at radius 1 is 1.16 bits per heavy atom. The summed E-state index contributed by atoms with van der Waals surface area (Å²) in [5.41, 5.74) is 7.37. The molecule has 1 N–H and O–H groups in total. The third kappa shape index (κ3) is 4.04. The Labute approximate surface area is 194 Å². The average molecular weight is 453 g/mol. The molecule has 2 aliphatic heterocycles. The smallest absolute Gasteiger partial charge is 0.141 e. The molecule has 32 heavy (non-hydrogen) atoms. The summed E-state index contributed by atoms with van der Waals surface area (Å²) < 4.78 is 15.9. The van der Waals surface area contributed by atoms with Gasteiger partial charge in [0.05, 0.1) is 17.3 Å². The van der Waals surface area contributed by atoms with Crippen LogP contribution in [0.25, 0.3) is 11.1 Å². The number of aromatic nitrogens is 2. The second kappa shape index (κ2) is 8.87. The first-order valence-corrected chi connectivity index (χ1v) is 12.0. The lowest BCUT2D eigenvalue weighted by atomic mass is 9.86. The van der Waals surface area contributed by atoms with Crippen LogP contribution < -0.4 is 10.2 Å². The SMILES string of the molecule is CC1CCc2c(ccc(-c3cnn(C4CCNCC4)c3)c2Cc2ccc(F)c(Cl)c2)N1C. The van der Waals surface area contributed by atoms with Gasteiger partial charge in [-0.2, -0.15) is 5.10 Å². The van der Waals surface area contributed by atoms with Gasteiger partial charge in [0.1, 0.15) is 5.82 Å². The van der Waals surface area contributed by atoms with Crippen molar-refractivity contribution in [1.82, 2.24) is 15.1 Å². The van der Waals surface area contributed by atoms with Crippen molar-refractivity contribution in [3.8, 4) is 11.1 Å². The molecule has 0 spiro atoms. The van der Waals surface area contributed by atoms with Crippen LogP contribution in [0.3, 0.4) is 0 Å². The molecule has 1 saturated heterocycles. The minimum atomic E-state index is -0.373. The van der Waals surface area contributed by atoms with Crippen molar-refractivity contribution < 1.29 is 4.39 Å². The van der Waals surface area contributed by atoms with Gasteiger partial charge in [0.15, 0.2) is 0 Å². The normalized spacial score (nSPS) is 19.2. The molecule has 1 atom stereocenters. The fraction of sp³-hybridized carbons (Fsp3) is 0.423. The molecule has 2 aromatic carbocycles. The predicted molar refractivity (Wildman–Crippen MR) is 129 cm³/mol. The number of rotatable bonds is 4. The molecule has 168 valence electrons. The van der Waals surface area contributed by atoms with Gasteiger partial charge < -0.3 is 10.2 Å². The highest BCUT2D eigenvalue weighted by Gasteiger charge is 2.25. The van der Waals surface area contributed by atoms with Crippen LogP contribution in [0.4, 0.5) is 10.1 Å². The highest BCUT2D eigenvalue weighted by molar-refractivity contribution is 6.30. The van der Waals surface area contributed by atoms with E-state index in [9.17, 15) is 4.39 Å². The van der Waals surface area contributed by atoms with Crippen molar-refractivity contribution >= 4 is 17.3 Å². The van der Waals surface area contributed by atoms with E-state index in [0.29, 0.717) is 12.1 Å². The zero-order valence-electron chi connectivity index (χ0n) is 18.7. The van der Waals surface area contributed by atoms with E-state index < -0.39 is 0 Å². The van der Waals surface area contributed by atoms with Gasteiger partial charge in [-0.1, -0.05) is 23.7 Å². The zero-order valence-corrected chi connectivity index (χ0v) is 19.5. The average Bonchev–Trinajstić information content (AvgIpc) is 3.30. The number of hydrogen-bond acceptors (Lipinski definition) is 3. The second-order valence-electron chi connectivity index (χ2n) is 9.20. The van der Waals surface area contributed by atoms with Gasteiger partial charge in [-0.05, 0) is 92.6 Å². The van der Waals surface area contributed by atoms with E-state index in [1.807, 2.05) is 12.3 Å². The summed E-state index contributed by atoms with van der Waals surface area (Å²) in [6, 6.07) is 10.5. The Morgan fingerprint density at radius 3 is 2.75 bits per heavy atom. The molecule has 4 nitrogen and oxygen atoms in total. The molecule has 3 aromatic rings. The summed E-state index contributed by atoms with van der Waals surface area (Å²) in [4.78, 5) is 2.38. The number of halogens is 2. The lowest BCUT2D eigenvalue weighted by Gasteiger charge is -2.35. The quantitative estimate of drug-likeness (QED) is 0.557. The van der Waals surface area contributed by atoms with Crippen molar-refractivity contribution in [2.24, 2.45) is 0 Å². The van der Waals surface area contributed by atoms with Gasteiger partial charge in [0.2, 0.25) is 0 Å². The summed E-state index contributed by atoms with van der Waals surface area (Å²) in [5.74, 6) is -0.373. The fourth-order valence-corrected chi connectivity index (χ4v) is 5.35. The molecule has 3 heterocycles. The molecule has 5 rings (SSSR count). The molecule has 0 bridgehead atoms. The maximum absolute atomic E-state index is 13.8. The second-order valence-corrected chi connectivity index (χ2v) is 9.61. The molecule has 1 aromatic heterocycles. The molecule has 6 heteroatoms. The third-order valence-electron chi connectivity index (χ3n) is 7.22. The Morgan fingerprint density at radius 2 is 1.97 bits per heavy atom. The fourth-order valence-electron chi connectivity index (χ4n) is 5.15.